The number of nitrogens with two attached hydrogens (primary N) is 1. The first kappa shape index (κ1) is 21.1. The Morgan fingerprint density at radius 1 is 1.24 bits per heavy atom. The molecule has 4 aromatic rings. The van der Waals surface area contributed by atoms with E-state index in [1.165, 1.54) is 0 Å². The van der Waals surface area contributed by atoms with Gasteiger partial charge in [0.15, 0.2) is 11.3 Å². The average Bonchev–Trinajstić information content (AvgIpc) is 3.50. The number of halogens is 3. The summed E-state index contributed by atoms with van der Waals surface area (Å²) in [5.74, 6) is -1.40. The topological polar surface area (TPSA) is 126 Å². The van der Waals surface area contributed by atoms with Crippen molar-refractivity contribution >= 4 is 11.5 Å². The third-order valence-electron chi connectivity index (χ3n) is 5.52. The van der Waals surface area contributed by atoms with Crippen molar-refractivity contribution in [3.8, 4) is 0 Å². The lowest BCUT2D eigenvalue weighted by atomic mass is 9.99. The van der Waals surface area contributed by atoms with Gasteiger partial charge in [0.25, 0.3) is 5.56 Å². The van der Waals surface area contributed by atoms with Crippen molar-refractivity contribution < 1.29 is 22.4 Å². The maximum atomic E-state index is 13.0. The molecule has 2 N–H and O–H groups in total. The molecule has 1 aromatic carbocycles. The zero-order chi connectivity index (χ0) is 23.3. The van der Waals surface area contributed by atoms with E-state index in [9.17, 15) is 18.0 Å². The molecule has 0 aliphatic carbocycles. The van der Waals surface area contributed by atoms with Gasteiger partial charge in [0.1, 0.15) is 6.54 Å². The summed E-state index contributed by atoms with van der Waals surface area (Å²) < 4.78 is 51.6. The Bertz CT molecular complexity index is 1370. The minimum atomic E-state index is -4.79. The van der Waals surface area contributed by atoms with Crippen molar-refractivity contribution in [1.82, 2.24) is 29.3 Å². The van der Waals surface area contributed by atoms with Gasteiger partial charge in [0, 0.05) is 5.92 Å². The normalized spacial score (nSPS) is 18.9. The second-order valence-electron chi connectivity index (χ2n) is 7.84. The number of aryl methyl sites for hydroxylation is 1. The summed E-state index contributed by atoms with van der Waals surface area (Å²) in [7, 11) is 0. The summed E-state index contributed by atoms with van der Waals surface area (Å²) in [5.41, 5.74) is 6.79. The fourth-order valence-electron chi connectivity index (χ4n) is 3.79. The molecule has 0 saturated carbocycles. The van der Waals surface area contributed by atoms with Gasteiger partial charge in [0.2, 0.25) is 17.7 Å². The number of nitrogen functional groups attached to an aromatic ring is 1. The van der Waals surface area contributed by atoms with Crippen molar-refractivity contribution in [2.45, 2.75) is 38.1 Å². The lowest BCUT2D eigenvalue weighted by Gasteiger charge is -2.09. The molecule has 10 nitrogen and oxygen atoms in total. The number of aromatic nitrogens is 6. The highest BCUT2D eigenvalue weighted by Gasteiger charge is 2.37. The number of imidazole rings is 1. The molecular formula is C20H18F3N7O3. The average molecular weight is 461 g/mol. The quantitative estimate of drug-likeness (QED) is 0.491. The molecule has 33 heavy (non-hydrogen) atoms. The van der Waals surface area contributed by atoms with Gasteiger partial charge in [-0.25, -0.2) is 9.50 Å². The van der Waals surface area contributed by atoms with Gasteiger partial charge < -0.3 is 15.0 Å². The number of hydrogen-bond acceptors (Lipinski definition) is 8. The molecule has 1 fully saturated rings. The van der Waals surface area contributed by atoms with Crippen molar-refractivity contribution in [2.24, 2.45) is 0 Å². The first-order valence-corrected chi connectivity index (χ1v) is 10.0. The molecule has 13 heteroatoms. The van der Waals surface area contributed by atoms with Crippen LogP contribution in [0.5, 0.6) is 0 Å². The minimum absolute atomic E-state index is 0.0688. The molecule has 2 atom stereocenters. The second kappa shape index (κ2) is 7.69. The Hall–Kier alpha value is -3.74. The van der Waals surface area contributed by atoms with Gasteiger partial charge in [-0.15, -0.1) is 5.10 Å². The molecule has 0 amide bonds. The van der Waals surface area contributed by atoms with E-state index in [1.54, 1.807) is 0 Å². The van der Waals surface area contributed by atoms with E-state index >= 15 is 0 Å². The first-order chi connectivity index (χ1) is 15.7. The zero-order valence-electron chi connectivity index (χ0n) is 17.3. The van der Waals surface area contributed by atoms with Gasteiger partial charge in [0.05, 0.1) is 18.9 Å². The third kappa shape index (κ3) is 3.84. The Labute approximate surface area is 183 Å². The minimum Gasteiger partial charge on any atom is -0.373 e. The Kier molecular flexibility index (Phi) is 4.92. The van der Waals surface area contributed by atoms with Crippen LogP contribution in [0.2, 0.25) is 0 Å². The highest BCUT2D eigenvalue weighted by atomic mass is 19.4. The van der Waals surface area contributed by atoms with Crippen LogP contribution >= 0.6 is 0 Å². The van der Waals surface area contributed by atoms with E-state index in [0.29, 0.717) is 23.4 Å². The second-order valence-corrected chi connectivity index (χ2v) is 7.84. The number of benzene rings is 1. The maximum Gasteiger partial charge on any atom is 0.451 e. The van der Waals surface area contributed by atoms with Crippen molar-refractivity contribution in [2.75, 3.05) is 12.3 Å². The Balaban J connectivity index is 1.36. The summed E-state index contributed by atoms with van der Waals surface area (Å²) in [5, 5.41) is 7.64. The number of fused-ring (bicyclic) bond motifs is 1. The van der Waals surface area contributed by atoms with Crippen LogP contribution in [0.15, 0.2) is 39.8 Å². The monoisotopic (exact) mass is 461 g/mol. The fraction of sp³-hybridized carbons (Fsp3) is 0.350. The van der Waals surface area contributed by atoms with Crippen molar-refractivity contribution in [3.63, 3.8) is 0 Å². The first-order valence-electron chi connectivity index (χ1n) is 10.0. The number of anilines is 1. The van der Waals surface area contributed by atoms with Gasteiger partial charge >= 0.3 is 6.18 Å². The molecule has 1 saturated heterocycles. The number of hydrogen-bond donors (Lipinski definition) is 1. The molecule has 1 aliphatic heterocycles. The van der Waals surface area contributed by atoms with E-state index in [1.807, 2.05) is 31.2 Å². The molecule has 0 spiro atoms. The molecule has 3 aromatic heterocycles. The summed E-state index contributed by atoms with van der Waals surface area (Å²) in [6, 6.07) is 8.07. The molecule has 0 unspecified atom stereocenters. The van der Waals surface area contributed by atoms with E-state index in [0.717, 1.165) is 21.9 Å². The van der Waals surface area contributed by atoms with Crippen LogP contribution in [0.25, 0.3) is 5.52 Å². The van der Waals surface area contributed by atoms with Gasteiger partial charge in [-0.1, -0.05) is 35.0 Å². The number of ether oxygens (including phenoxy) is 1. The van der Waals surface area contributed by atoms with Crippen molar-refractivity contribution in [1.29, 1.82) is 0 Å². The van der Waals surface area contributed by atoms with Gasteiger partial charge in [-0.2, -0.15) is 18.2 Å². The third-order valence-corrected chi connectivity index (χ3v) is 5.52. The predicted octanol–water partition coefficient (Wildman–Crippen LogP) is 2.48. The van der Waals surface area contributed by atoms with E-state index in [4.69, 9.17) is 15.0 Å². The molecule has 0 bridgehead atoms. The summed E-state index contributed by atoms with van der Waals surface area (Å²) in [4.78, 5) is 20.3. The smallest absolute Gasteiger partial charge is 0.373 e. The van der Waals surface area contributed by atoms with Crippen LogP contribution in [0.1, 0.15) is 47.1 Å². The highest BCUT2D eigenvalue weighted by Crippen LogP contribution is 2.37. The van der Waals surface area contributed by atoms with Crippen LogP contribution in [-0.2, 0) is 17.5 Å². The number of rotatable bonds is 4. The van der Waals surface area contributed by atoms with Gasteiger partial charge in [-0.05, 0) is 18.9 Å². The van der Waals surface area contributed by atoms with Crippen LogP contribution in [0, 0.1) is 6.92 Å². The van der Waals surface area contributed by atoms with Crippen LogP contribution in [0.4, 0.5) is 19.1 Å². The Morgan fingerprint density at radius 2 is 2.00 bits per heavy atom. The number of alkyl halides is 3. The highest BCUT2D eigenvalue weighted by molar-refractivity contribution is 5.45. The fourth-order valence-corrected chi connectivity index (χ4v) is 3.79. The van der Waals surface area contributed by atoms with Crippen LogP contribution < -0.4 is 11.3 Å². The molecule has 0 radical (unpaired) electrons. The summed E-state index contributed by atoms with van der Waals surface area (Å²) in [6.07, 6.45) is -3.42. The van der Waals surface area contributed by atoms with E-state index < -0.39 is 23.5 Å². The van der Waals surface area contributed by atoms with E-state index in [-0.39, 0.29) is 30.0 Å². The van der Waals surface area contributed by atoms with Gasteiger partial charge in [-0.3, -0.25) is 9.36 Å². The molecule has 1 aliphatic rings. The zero-order valence-corrected chi connectivity index (χ0v) is 17.3. The van der Waals surface area contributed by atoms with Crippen LogP contribution in [-0.4, -0.2) is 35.9 Å². The number of nitrogens with zero attached hydrogens (tertiary/aromatic N) is 6. The lowest BCUT2D eigenvalue weighted by Crippen LogP contribution is -2.28. The summed E-state index contributed by atoms with van der Waals surface area (Å²) >= 11 is 0. The Morgan fingerprint density at radius 3 is 2.73 bits per heavy atom. The standard InChI is InChI=1S/C20H18F3N7O3/c1-10-2-4-11(5-3-10)14-6-12(9-32-14)16-26-15(33-28-16)8-29-17(31)13-7-25-18(20(21,22)23)30(13)27-19(29)24/h2-5,7,12,14H,6,8-9H2,1H3,(H2,24,27)/t12-,14+/m0/s1. The maximum absolute atomic E-state index is 13.0. The predicted molar refractivity (Wildman–Crippen MR) is 107 cm³/mol. The van der Waals surface area contributed by atoms with Crippen LogP contribution in [0.3, 0.4) is 0 Å². The SMILES string of the molecule is Cc1ccc([C@H]2C[C@H](c3noc(Cn4c(N)nn5c(C(F)(F)F)ncc5c4=O)n3)CO2)cc1. The van der Waals surface area contributed by atoms with E-state index in [2.05, 4.69) is 20.2 Å². The molecule has 172 valence electrons. The molecule has 5 rings (SSSR count). The molecular weight excluding hydrogens is 443 g/mol. The summed E-state index contributed by atoms with van der Waals surface area (Å²) in [6.45, 7) is 2.17. The largest absolute Gasteiger partial charge is 0.451 e. The molecule has 4 heterocycles. The van der Waals surface area contributed by atoms with Crippen molar-refractivity contribution in [3.05, 3.63) is 69.5 Å². The lowest BCUT2D eigenvalue weighted by molar-refractivity contribution is -0.146.